The van der Waals surface area contributed by atoms with Crippen molar-refractivity contribution in [3.8, 4) is 0 Å². The average molecular weight is 391 g/mol. The summed E-state index contributed by atoms with van der Waals surface area (Å²) >= 11 is 6.02. The Morgan fingerprint density at radius 3 is 2.58 bits per heavy atom. The van der Waals surface area contributed by atoms with Gasteiger partial charge in [0.25, 0.3) is 5.91 Å². The van der Waals surface area contributed by atoms with Crippen molar-refractivity contribution in [3.63, 3.8) is 0 Å². The van der Waals surface area contributed by atoms with Crippen LogP contribution < -0.4 is 15.9 Å². The van der Waals surface area contributed by atoms with E-state index in [2.05, 4.69) is 26.0 Å². The molecule has 0 fully saturated rings. The van der Waals surface area contributed by atoms with E-state index in [-0.39, 0.29) is 16.5 Å². The number of aromatic nitrogens is 2. The first kappa shape index (κ1) is 16.5. The predicted molar refractivity (Wildman–Crippen MR) is 97.7 cm³/mol. The molecular weight excluding hydrogens is 380 g/mol. The normalized spacial score (nSPS) is 15.3. The molecule has 2 aromatic carbocycles. The molecule has 1 aliphatic heterocycles. The van der Waals surface area contributed by atoms with Gasteiger partial charge in [-0.15, -0.1) is 0 Å². The molecular formula is C15H11ClN6O3S. The number of fused-ring (bicyclic) bond motifs is 3. The highest BCUT2D eigenvalue weighted by atomic mass is 35.5. The van der Waals surface area contributed by atoms with Gasteiger partial charge in [-0.1, -0.05) is 11.6 Å². The van der Waals surface area contributed by atoms with Crippen molar-refractivity contribution in [2.75, 3.05) is 10.7 Å². The van der Waals surface area contributed by atoms with Gasteiger partial charge in [0.05, 0.1) is 27.4 Å². The molecule has 0 saturated heterocycles. The monoisotopic (exact) mass is 390 g/mol. The predicted octanol–water partition coefficient (Wildman–Crippen LogP) is 1.63. The minimum Gasteiger partial charge on any atom is -0.320 e. The Kier molecular flexibility index (Phi) is 3.68. The molecule has 3 aromatic rings. The number of primary sulfonamides is 1. The maximum Gasteiger partial charge on any atom is 0.276 e. The molecule has 132 valence electrons. The van der Waals surface area contributed by atoms with Gasteiger partial charge in [0.2, 0.25) is 10.0 Å². The van der Waals surface area contributed by atoms with Gasteiger partial charge in [-0.3, -0.25) is 15.3 Å². The van der Waals surface area contributed by atoms with E-state index in [1.54, 1.807) is 12.1 Å². The molecule has 11 heteroatoms. The fraction of sp³-hybridized carbons (Fsp3) is 0. The second-order valence-corrected chi connectivity index (χ2v) is 7.44. The molecule has 5 N–H and O–H groups in total. The molecule has 0 saturated carbocycles. The number of H-pyrrole nitrogens is 1. The van der Waals surface area contributed by atoms with Crippen molar-refractivity contribution in [2.45, 2.75) is 4.90 Å². The Hall–Kier alpha value is -2.95. The number of carbonyl (C=O) groups is 1. The summed E-state index contributed by atoms with van der Waals surface area (Å²) in [6.07, 6.45) is 0. The first-order chi connectivity index (χ1) is 12.3. The van der Waals surface area contributed by atoms with Gasteiger partial charge in [0, 0.05) is 5.39 Å². The number of carbonyl (C=O) groups excluding carboxylic acids is 1. The SMILES string of the molecule is NS(=O)(=O)c1ccc(N/N=C2\C(=O)Nc3ccc4c(Cl)n[nH]c4c32)cc1. The van der Waals surface area contributed by atoms with Crippen LogP contribution in [0, 0.1) is 0 Å². The van der Waals surface area contributed by atoms with Gasteiger partial charge in [-0.2, -0.15) is 10.2 Å². The molecule has 4 rings (SSSR count). The fourth-order valence-electron chi connectivity index (χ4n) is 2.65. The highest BCUT2D eigenvalue weighted by Crippen LogP contribution is 2.33. The van der Waals surface area contributed by atoms with E-state index in [9.17, 15) is 13.2 Å². The van der Waals surface area contributed by atoms with E-state index < -0.39 is 10.0 Å². The first-order valence-corrected chi connectivity index (χ1v) is 9.22. The summed E-state index contributed by atoms with van der Waals surface area (Å²) in [5.74, 6) is -0.383. The van der Waals surface area contributed by atoms with Crippen LogP contribution in [0.4, 0.5) is 11.4 Å². The highest BCUT2D eigenvalue weighted by molar-refractivity contribution is 7.89. The lowest BCUT2D eigenvalue weighted by atomic mass is 10.1. The zero-order valence-electron chi connectivity index (χ0n) is 12.9. The zero-order chi connectivity index (χ0) is 18.5. The van der Waals surface area contributed by atoms with Crippen LogP contribution in [0.2, 0.25) is 5.15 Å². The van der Waals surface area contributed by atoms with Crippen molar-refractivity contribution < 1.29 is 13.2 Å². The summed E-state index contributed by atoms with van der Waals surface area (Å²) in [4.78, 5) is 12.2. The molecule has 2 heterocycles. The number of nitrogens with two attached hydrogens (primary N) is 1. The number of anilines is 2. The van der Waals surface area contributed by atoms with E-state index in [1.807, 2.05) is 0 Å². The topological polar surface area (TPSA) is 142 Å². The molecule has 0 radical (unpaired) electrons. The Balaban J connectivity index is 1.71. The number of hydrogen-bond donors (Lipinski definition) is 4. The lowest BCUT2D eigenvalue weighted by Gasteiger charge is -2.04. The second-order valence-electron chi connectivity index (χ2n) is 5.52. The molecule has 9 nitrogen and oxygen atoms in total. The van der Waals surface area contributed by atoms with E-state index in [0.29, 0.717) is 33.0 Å². The van der Waals surface area contributed by atoms with Crippen LogP contribution in [0.3, 0.4) is 0 Å². The number of hydrazone groups is 1. The smallest absolute Gasteiger partial charge is 0.276 e. The van der Waals surface area contributed by atoms with Crippen molar-refractivity contribution in [3.05, 3.63) is 47.1 Å². The van der Waals surface area contributed by atoms with E-state index in [1.165, 1.54) is 24.3 Å². The third-order valence-electron chi connectivity index (χ3n) is 3.87. The van der Waals surface area contributed by atoms with Crippen molar-refractivity contribution in [1.82, 2.24) is 10.2 Å². The van der Waals surface area contributed by atoms with Gasteiger partial charge in [0.1, 0.15) is 0 Å². The maximum atomic E-state index is 12.2. The first-order valence-electron chi connectivity index (χ1n) is 7.29. The van der Waals surface area contributed by atoms with Crippen LogP contribution in [0.5, 0.6) is 0 Å². The standard InChI is InChI=1S/C15H11ClN6O3S/c16-14-9-5-6-10-11(12(9)20-22-14)13(15(23)18-10)21-19-7-1-3-8(4-2-7)26(17,24)25/h1-6,19H,(H,20,22)(H2,17,24,25)(H,18,21,23). The van der Waals surface area contributed by atoms with Crippen molar-refractivity contribution in [1.29, 1.82) is 0 Å². The number of nitrogens with zero attached hydrogens (tertiary/aromatic N) is 2. The number of hydrogen-bond acceptors (Lipinski definition) is 6. The molecule has 0 aliphatic carbocycles. The molecule has 0 bridgehead atoms. The fourth-order valence-corrected chi connectivity index (χ4v) is 3.36. The van der Waals surface area contributed by atoms with Gasteiger partial charge in [-0.05, 0) is 36.4 Å². The lowest BCUT2D eigenvalue weighted by Crippen LogP contribution is -2.16. The summed E-state index contributed by atoms with van der Waals surface area (Å²) in [5, 5.41) is 19.6. The summed E-state index contributed by atoms with van der Waals surface area (Å²) in [7, 11) is -3.77. The summed E-state index contributed by atoms with van der Waals surface area (Å²) in [5.41, 5.74) is 5.11. The number of sulfonamides is 1. The number of halogens is 1. The van der Waals surface area contributed by atoms with Crippen LogP contribution in [0.1, 0.15) is 5.56 Å². The largest absolute Gasteiger partial charge is 0.320 e. The Labute approximate surface area is 152 Å². The lowest BCUT2D eigenvalue weighted by molar-refractivity contribution is -0.110. The van der Waals surface area contributed by atoms with Crippen LogP contribution in [0.15, 0.2) is 46.4 Å². The van der Waals surface area contributed by atoms with E-state index >= 15 is 0 Å². The minimum atomic E-state index is -3.77. The maximum absolute atomic E-state index is 12.2. The zero-order valence-corrected chi connectivity index (χ0v) is 14.5. The Bertz CT molecular complexity index is 1180. The van der Waals surface area contributed by atoms with E-state index in [4.69, 9.17) is 16.7 Å². The Morgan fingerprint density at radius 1 is 1.15 bits per heavy atom. The molecule has 1 aromatic heterocycles. The van der Waals surface area contributed by atoms with Gasteiger partial charge in [0.15, 0.2) is 10.9 Å². The highest BCUT2D eigenvalue weighted by Gasteiger charge is 2.29. The average Bonchev–Trinajstić information content (AvgIpc) is 3.12. The Morgan fingerprint density at radius 2 is 1.88 bits per heavy atom. The van der Waals surface area contributed by atoms with E-state index in [0.717, 1.165) is 0 Å². The molecule has 0 atom stereocenters. The van der Waals surface area contributed by atoms with Crippen molar-refractivity contribution >= 4 is 55.5 Å². The number of rotatable bonds is 3. The van der Waals surface area contributed by atoms with Gasteiger partial charge >= 0.3 is 0 Å². The summed E-state index contributed by atoms with van der Waals surface area (Å²) in [6, 6.07) is 9.14. The molecule has 26 heavy (non-hydrogen) atoms. The third-order valence-corrected chi connectivity index (χ3v) is 5.09. The van der Waals surface area contributed by atoms with Gasteiger partial charge in [-0.25, -0.2) is 13.6 Å². The third kappa shape index (κ3) is 2.69. The summed E-state index contributed by atoms with van der Waals surface area (Å²) < 4.78 is 22.5. The quantitative estimate of drug-likeness (QED) is 0.503. The van der Waals surface area contributed by atoms with Crippen molar-refractivity contribution in [2.24, 2.45) is 10.2 Å². The van der Waals surface area contributed by atoms with Crippen LogP contribution in [-0.4, -0.2) is 30.2 Å². The second kappa shape index (κ2) is 5.80. The molecule has 1 aliphatic rings. The molecule has 0 spiro atoms. The van der Waals surface area contributed by atoms with Crippen LogP contribution >= 0.6 is 11.6 Å². The number of amides is 1. The van der Waals surface area contributed by atoms with Crippen LogP contribution in [-0.2, 0) is 14.8 Å². The minimum absolute atomic E-state index is 0.0199. The number of benzene rings is 2. The summed E-state index contributed by atoms with van der Waals surface area (Å²) in [6.45, 7) is 0. The molecule has 1 amide bonds. The number of nitrogens with one attached hydrogen (secondary N) is 3. The molecule has 0 unspecified atom stereocenters. The van der Waals surface area contributed by atoms with Crippen LogP contribution in [0.25, 0.3) is 10.9 Å². The van der Waals surface area contributed by atoms with Gasteiger partial charge < -0.3 is 5.32 Å². The number of aromatic amines is 1.